The summed E-state index contributed by atoms with van der Waals surface area (Å²) in [5.41, 5.74) is 0.0439. The summed E-state index contributed by atoms with van der Waals surface area (Å²) in [6, 6.07) is 2.78. The lowest BCUT2D eigenvalue weighted by Crippen LogP contribution is -2.38. The Morgan fingerprint density at radius 3 is 2.20 bits per heavy atom. The van der Waals surface area contributed by atoms with Gasteiger partial charge in [-0.25, -0.2) is 0 Å². The molecule has 0 N–H and O–H groups in total. The smallest absolute Gasteiger partial charge is 0.0689 e. The van der Waals surface area contributed by atoms with Crippen molar-refractivity contribution in [2.45, 2.75) is 110 Å². The van der Waals surface area contributed by atoms with E-state index < -0.39 is 0 Å². The van der Waals surface area contributed by atoms with Crippen LogP contribution in [0.2, 0.25) is 0 Å². The summed E-state index contributed by atoms with van der Waals surface area (Å²) in [6.45, 7) is 4.61. The van der Waals surface area contributed by atoms with E-state index in [-0.39, 0.29) is 5.41 Å². The number of unbranched alkanes of at least 4 members (excludes halogenated alkanes) is 1. The second-order valence-electron chi connectivity index (χ2n) is 9.90. The van der Waals surface area contributed by atoms with Crippen LogP contribution in [-0.4, -0.2) is 0 Å². The van der Waals surface area contributed by atoms with Gasteiger partial charge in [-0.3, -0.25) is 0 Å². The Morgan fingerprint density at radius 1 is 0.840 bits per heavy atom. The quantitative estimate of drug-likeness (QED) is 0.489. The summed E-state index contributed by atoms with van der Waals surface area (Å²) in [5.74, 6) is 4.93. The molecular formula is C24H41N. The molecular weight excluding hydrogens is 302 g/mol. The van der Waals surface area contributed by atoms with Gasteiger partial charge >= 0.3 is 0 Å². The SMILES string of the molecule is CCCCC1(C#N)CCC2CC(C3CCC(CCC)CC3)CCC2C1. The van der Waals surface area contributed by atoms with E-state index in [1.54, 1.807) is 0 Å². The number of fused-ring (bicyclic) bond motifs is 1. The molecule has 0 amide bonds. The fraction of sp³-hybridized carbons (Fsp3) is 0.958. The molecule has 3 aliphatic carbocycles. The van der Waals surface area contributed by atoms with Crippen LogP contribution in [0.3, 0.4) is 0 Å². The van der Waals surface area contributed by atoms with E-state index >= 15 is 0 Å². The molecule has 4 unspecified atom stereocenters. The summed E-state index contributed by atoms with van der Waals surface area (Å²) in [6.07, 6.45) is 20.7. The fourth-order valence-corrected chi connectivity index (χ4v) is 6.74. The van der Waals surface area contributed by atoms with Crippen LogP contribution in [-0.2, 0) is 0 Å². The zero-order valence-electron chi connectivity index (χ0n) is 16.9. The molecule has 1 heteroatoms. The van der Waals surface area contributed by atoms with Gasteiger partial charge in [0.25, 0.3) is 0 Å². The Labute approximate surface area is 157 Å². The molecule has 0 radical (unpaired) electrons. The van der Waals surface area contributed by atoms with Crippen LogP contribution in [0.15, 0.2) is 0 Å². The summed E-state index contributed by atoms with van der Waals surface area (Å²) in [5, 5.41) is 9.83. The predicted molar refractivity (Wildman–Crippen MR) is 106 cm³/mol. The predicted octanol–water partition coefficient (Wildman–Crippen LogP) is 7.51. The normalized spacial score (nSPS) is 41.7. The van der Waals surface area contributed by atoms with Crippen LogP contribution < -0.4 is 0 Å². The average molecular weight is 344 g/mol. The van der Waals surface area contributed by atoms with Gasteiger partial charge in [-0.1, -0.05) is 52.4 Å². The lowest BCUT2D eigenvalue weighted by Gasteiger charge is -2.47. The Hall–Kier alpha value is -0.510. The number of hydrogen-bond acceptors (Lipinski definition) is 1. The Kier molecular flexibility index (Phi) is 6.87. The van der Waals surface area contributed by atoms with Gasteiger partial charge in [0, 0.05) is 0 Å². The van der Waals surface area contributed by atoms with Crippen molar-refractivity contribution < 1.29 is 0 Å². The lowest BCUT2D eigenvalue weighted by molar-refractivity contribution is 0.0379. The van der Waals surface area contributed by atoms with Gasteiger partial charge < -0.3 is 0 Å². The first-order chi connectivity index (χ1) is 12.2. The van der Waals surface area contributed by atoms with Crippen LogP contribution in [0.4, 0.5) is 0 Å². The summed E-state index contributed by atoms with van der Waals surface area (Å²) in [7, 11) is 0. The molecule has 0 aromatic carbocycles. The third kappa shape index (κ3) is 4.61. The summed E-state index contributed by atoms with van der Waals surface area (Å²) < 4.78 is 0. The maximum atomic E-state index is 9.83. The van der Waals surface area contributed by atoms with Crippen molar-refractivity contribution in [2.75, 3.05) is 0 Å². The number of nitrogens with zero attached hydrogens (tertiary/aromatic N) is 1. The standard InChI is InChI=1S/C24H41N/c1-3-5-14-24(18-25)15-13-22-16-21(11-12-23(22)17-24)20-9-7-19(6-4-2)8-10-20/h19-23H,3-17H2,1-2H3. The zero-order chi connectivity index (χ0) is 17.7. The molecule has 0 aromatic heterocycles. The highest BCUT2D eigenvalue weighted by molar-refractivity contribution is 5.04. The van der Waals surface area contributed by atoms with Crippen molar-refractivity contribution in [1.29, 1.82) is 5.26 Å². The molecule has 0 spiro atoms. The van der Waals surface area contributed by atoms with Crippen LogP contribution in [0, 0.1) is 46.3 Å². The van der Waals surface area contributed by atoms with Crippen LogP contribution in [0.25, 0.3) is 0 Å². The Morgan fingerprint density at radius 2 is 1.52 bits per heavy atom. The molecule has 0 saturated heterocycles. The molecule has 1 nitrogen and oxygen atoms in total. The molecule has 0 aliphatic heterocycles. The van der Waals surface area contributed by atoms with E-state index in [0.717, 1.165) is 36.0 Å². The maximum absolute atomic E-state index is 9.83. The second-order valence-corrected chi connectivity index (χ2v) is 9.90. The largest absolute Gasteiger partial charge is 0.198 e. The number of nitriles is 1. The summed E-state index contributed by atoms with van der Waals surface area (Å²) >= 11 is 0. The molecule has 3 aliphatic rings. The molecule has 3 fully saturated rings. The van der Waals surface area contributed by atoms with E-state index in [1.807, 2.05) is 0 Å². The average Bonchev–Trinajstić information content (AvgIpc) is 2.67. The van der Waals surface area contributed by atoms with Gasteiger partial charge in [0.15, 0.2) is 0 Å². The molecule has 0 bridgehead atoms. The van der Waals surface area contributed by atoms with Crippen molar-refractivity contribution in [2.24, 2.45) is 35.0 Å². The van der Waals surface area contributed by atoms with Gasteiger partial charge in [-0.2, -0.15) is 5.26 Å². The van der Waals surface area contributed by atoms with Crippen LogP contribution >= 0.6 is 0 Å². The van der Waals surface area contributed by atoms with Crippen molar-refractivity contribution in [1.82, 2.24) is 0 Å². The van der Waals surface area contributed by atoms with Crippen LogP contribution in [0.1, 0.15) is 110 Å². The van der Waals surface area contributed by atoms with E-state index in [0.29, 0.717) is 0 Å². The van der Waals surface area contributed by atoms with E-state index in [2.05, 4.69) is 19.9 Å². The zero-order valence-corrected chi connectivity index (χ0v) is 16.9. The van der Waals surface area contributed by atoms with E-state index in [1.165, 1.54) is 89.9 Å². The van der Waals surface area contributed by atoms with Crippen LogP contribution in [0.5, 0.6) is 0 Å². The van der Waals surface area contributed by atoms with Crippen molar-refractivity contribution in [3.63, 3.8) is 0 Å². The fourth-order valence-electron chi connectivity index (χ4n) is 6.74. The first-order valence-corrected chi connectivity index (χ1v) is 11.6. The molecule has 0 heterocycles. The molecule has 3 rings (SSSR count). The molecule has 4 atom stereocenters. The minimum absolute atomic E-state index is 0.0439. The third-order valence-corrected chi connectivity index (χ3v) is 8.33. The molecule has 25 heavy (non-hydrogen) atoms. The highest BCUT2D eigenvalue weighted by Gasteiger charge is 2.44. The van der Waals surface area contributed by atoms with Gasteiger partial charge in [0.1, 0.15) is 0 Å². The third-order valence-electron chi connectivity index (χ3n) is 8.33. The Bertz CT molecular complexity index is 442. The van der Waals surface area contributed by atoms with E-state index in [4.69, 9.17) is 0 Å². The molecule has 0 aromatic rings. The number of hydrogen-bond donors (Lipinski definition) is 0. The second kappa shape index (κ2) is 8.92. The first-order valence-electron chi connectivity index (χ1n) is 11.6. The van der Waals surface area contributed by atoms with Gasteiger partial charge in [0.05, 0.1) is 11.5 Å². The first kappa shape index (κ1) is 19.3. The highest BCUT2D eigenvalue weighted by Crippen LogP contribution is 2.53. The number of rotatable bonds is 6. The van der Waals surface area contributed by atoms with E-state index in [9.17, 15) is 5.26 Å². The molecule has 142 valence electrons. The monoisotopic (exact) mass is 343 g/mol. The lowest BCUT2D eigenvalue weighted by atomic mass is 9.57. The highest BCUT2D eigenvalue weighted by atomic mass is 14.5. The van der Waals surface area contributed by atoms with Crippen molar-refractivity contribution in [3.8, 4) is 6.07 Å². The Balaban J connectivity index is 1.50. The van der Waals surface area contributed by atoms with Crippen molar-refractivity contribution >= 4 is 0 Å². The van der Waals surface area contributed by atoms with Gasteiger partial charge in [0.2, 0.25) is 0 Å². The molecule has 3 saturated carbocycles. The van der Waals surface area contributed by atoms with Gasteiger partial charge in [-0.05, 0) is 87.4 Å². The van der Waals surface area contributed by atoms with Crippen molar-refractivity contribution in [3.05, 3.63) is 0 Å². The minimum Gasteiger partial charge on any atom is -0.198 e. The summed E-state index contributed by atoms with van der Waals surface area (Å²) in [4.78, 5) is 0. The maximum Gasteiger partial charge on any atom is 0.0689 e. The minimum atomic E-state index is 0.0439. The van der Waals surface area contributed by atoms with Gasteiger partial charge in [-0.15, -0.1) is 0 Å². The topological polar surface area (TPSA) is 23.8 Å².